The maximum Gasteiger partial charge on any atom is 0.248 e. The molecule has 2 heterocycles. The summed E-state index contributed by atoms with van der Waals surface area (Å²) in [4.78, 5) is 12.0. The molecule has 0 aromatic heterocycles. The standard InChI is InChI=1S/C14H16N2O2/c17-14-9-4-5-11-13(18-7-6-15-11)8-2-1-3-10(16-14)12(8)9/h2,6-7,10-11,13,15H,1,3-5H2,(H,16,17). The van der Waals surface area contributed by atoms with Crippen LogP contribution in [0.3, 0.4) is 0 Å². The van der Waals surface area contributed by atoms with Crippen LogP contribution in [0.15, 0.2) is 35.3 Å². The highest BCUT2D eigenvalue weighted by molar-refractivity contribution is 5.99. The Hall–Kier alpha value is -1.71. The van der Waals surface area contributed by atoms with Gasteiger partial charge in [0.2, 0.25) is 5.91 Å². The summed E-state index contributed by atoms with van der Waals surface area (Å²) in [6.45, 7) is 0. The molecule has 0 saturated heterocycles. The molecule has 1 amide bonds. The number of rotatable bonds is 0. The lowest BCUT2D eigenvalue weighted by Crippen LogP contribution is -2.43. The Morgan fingerprint density at radius 3 is 3.22 bits per heavy atom. The number of hydrogen-bond donors (Lipinski definition) is 2. The molecule has 18 heavy (non-hydrogen) atoms. The van der Waals surface area contributed by atoms with E-state index in [-0.39, 0.29) is 18.1 Å². The van der Waals surface area contributed by atoms with Gasteiger partial charge in [-0.1, -0.05) is 6.08 Å². The predicted molar refractivity (Wildman–Crippen MR) is 66.4 cm³/mol. The first-order valence-corrected chi connectivity index (χ1v) is 6.65. The third kappa shape index (κ3) is 1.29. The summed E-state index contributed by atoms with van der Waals surface area (Å²) in [5, 5.41) is 6.47. The number of ether oxygens (including phenoxy) is 1. The lowest BCUT2D eigenvalue weighted by atomic mass is 9.85. The number of carbonyl (C=O) groups excluding carboxylic acids is 1. The zero-order valence-electron chi connectivity index (χ0n) is 10.1. The number of carbonyl (C=O) groups is 1. The van der Waals surface area contributed by atoms with Gasteiger partial charge in [0.15, 0.2) is 0 Å². The van der Waals surface area contributed by atoms with E-state index in [1.165, 1.54) is 11.1 Å². The summed E-state index contributed by atoms with van der Waals surface area (Å²) in [6.07, 6.45) is 9.75. The molecular weight excluding hydrogens is 228 g/mol. The van der Waals surface area contributed by atoms with Crippen LogP contribution in [0.2, 0.25) is 0 Å². The molecular formula is C14H16N2O2. The number of nitrogens with one attached hydrogen (secondary N) is 2. The largest absolute Gasteiger partial charge is 0.490 e. The first kappa shape index (κ1) is 10.2. The average Bonchev–Trinajstić information content (AvgIpc) is 2.62. The smallest absolute Gasteiger partial charge is 0.248 e. The summed E-state index contributed by atoms with van der Waals surface area (Å²) in [5.74, 6) is 0.134. The molecule has 0 radical (unpaired) electrons. The zero-order chi connectivity index (χ0) is 12.1. The van der Waals surface area contributed by atoms with Crippen molar-refractivity contribution in [2.75, 3.05) is 0 Å². The van der Waals surface area contributed by atoms with Crippen LogP contribution >= 0.6 is 0 Å². The van der Waals surface area contributed by atoms with Crippen molar-refractivity contribution >= 4 is 5.91 Å². The van der Waals surface area contributed by atoms with Crippen molar-refractivity contribution in [1.82, 2.24) is 10.6 Å². The first-order chi connectivity index (χ1) is 8.84. The van der Waals surface area contributed by atoms with Crippen molar-refractivity contribution in [3.05, 3.63) is 35.3 Å². The minimum absolute atomic E-state index is 0.0676. The molecule has 4 nitrogen and oxygen atoms in total. The van der Waals surface area contributed by atoms with Gasteiger partial charge in [-0.05, 0) is 36.8 Å². The summed E-state index contributed by atoms with van der Waals surface area (Å²) < 4.78 is 5.81. The zero-order valence-corrected chi connectivity index (χ0v) is 10.1. The number of hydrogen-bond acceptors (Lipinski definition) is 3. The summed E-state index contributed by atoms with van der Waals surface area (Å²) in [6, 6.07) is 0.513. The van der Waals surface area contributed by atoms with Crippen LogP contribution in [-0.4, -0.2) is 24.1 Å². The van der Waals surface area contributed by atoms with E-state index in [1.807, 2.05) is 6.20 Å². The van der Waals surface area contributed by atoms with E-state index in [9.17, 15) is 4.79 Å². The monoisotopic (exact) mass is 244 g/mol. The highest BCUT2D eigenvalue weighted by atomic mass is 16.5. The molecule has 0 aromatic carbocycles. The van der Waals surface area contributed by atoms with Gasteiger partial charge in [0.25, 0.3) is 0 Å². The molecule has 2 aliphatic carbocycles. The molecule has 94 valence electrons. The van der Waals surface area contributed by atoms with E-state index in [0.717, 1.165) is 31.3 Å². The topological polar surface area (TPSA) is 50.4 Å². The summed E-state index contributed by atoms with van der Waals surface area (Å²) >= 11 is 0. The van der Waals surface area contributed by atoms with Gasteiger partial charge in [0.05, 0.1) is 18.3 Å². The molecule has 0 fully saturated rings. The SMILES string of the molecule is O=C1NC2CCC=C3C2=C1CCC1NC=COC31. The molecule has 4 aliphatic rings. The van der Waals surface area contributed by atoms with Crippen molar-refractivity contribution in [2.24, 2.45) is 0 Å². The molecule has 2 N–H and O–H groups in total. The average molecular weight is 244 g/mol. The number of fused-ring (bicyclic) bond motifs is 2. The molecule has 0 saturated carbocycles. The molecule has 4 heteroatoms. The summed E-state index contributed by atoms with van der Waals surface area (Å²) in [5.41, 5.74) is 3.46. The van der Waals surface area contributed by atoms with E-state index < -0.39 is 0 Å². The van der Waals surface area contributed by atoms with Gasteiger partial charge < -0.3 is 15.4 Å². The first-order valence-electron chi connectivity index (χ1n) is 6.65. The van der Waals surface area contributed by atoms with Crippen LogP contribution in [0, 0.1) is 0 Å². The normalized spacial score (nSPS) is 36.8. The second kappa shape index (κ2) is 3.64. The molecule has 4 rings (SSSR count). The third-order valence-electron chi connectivity index (χ3n) is 4.36. The minimum Gasteiger partial charge on any atom is -0.490 e. The molecule has 3 unspecified atom stereocenters. The van der Waals surface area contributed by atoms with E-state index in [2.05, 4.69) is 16.7 Å². The maximum absolute atomic E-state index is 12.0. The van der Waals surface area contributed by atoms with Gasteiger partial charge in [-0.15, -0.1) is 0 Å². The van der Waals surface area contributed by atoms with Gasteiger partial charge in [-0.2, -0.15) is 0 Å². The fraction of sp³-hybridized carbons (Fsp3) is 0.500. The second-order valence-corrected chi connectivity index (χ2v) is 5.33. The molecule has 0 bridgehead atoms. The van der Waals surface area contributed by atoms with E-state index in [0.29, 0.717) is 6.04 Å². The van der Waals surface area contributed by atoms with Gasteiger partial charge in [-0.25, -0.2) is 0 Å². The molecule has 3 atom stereocenters. The highest BCUT2D eigenvalue weighted by Crippen LogP contribution is 2.40. The van der Waals surface area contributed by atoms with Crippen molar-refractivity contribution in [2.45, 2.75) is 43.9 Å². The Bertz CT molecular complexity index is 504. The number of allylic oxidation sites excluding steroid dienone is 1. The van der Waals surface area contributed by atoms with Gasteiger partial charge in [0.1, 0.15) is 6.10 Å². The fourth-order valence-corrected chi connectivity index (χ4v) is 3.57. The van der Waals surface area contributed by atoms with Crippen molar-refractivity contribution < 1.29 is 9.53 Å². The van der Waals surface area contributed by atoms with E-state index in [1.54, 1.807) is 6.26 Å². The van der Waals surface area contributed by atoms with Crippen LogP contribution in [-0.2, 0) is 9.53 Å². The van der Waals surface area contributed by atoms with Crippen molar-refractivity contribution in [3.8, 4) is 0 Å². The maximum atomic E-state index is 12.0. The minimum atomic E-state index is 0.0676. The Morgan fingerprint density at radius 2 is 2.28 bits per heavy atom. The Kier molecular flexibility index (Phi) is 2.07. The van der Waals surface area contributed by atoms with Gasteiger partial charge in [-0.3, -0.25) is 4.79 Å². The van der Waals surface area contributed by atoms with Gasteiger partial charge >= 0.3 is 0 Å². The lowest BCUT2D eigenvalue weighted by molar-refractivity contribution is -0.117. The molecule has 2 aliphatic heterocycles. The Morgan fingerprint density at radius 1 is 1.33 bits per heavy atom. The van der Waals surface area contributed by atoms with Crippen LogP contribution in [0.1, 0.15) is 25.7 Å². The lowest BCUT2D eigenvalue weighted by Gasteiger charge is -2.33. The second-order valence-electron chi connectivity index (χ2n) is 5.33. The van der Waals surface area contributed by atoms with Crippen LogP contribution in [0.5, 0.6) is 0 Å². The van der Waals surface area contributed by atoms with Crippen LogP contribution in [0.25, 0.3) is 0 Å². The third-order valence-corrected chi connectivity index (χ3v) is 4.36. The van der Waals surface area contributed by atoms with Crippen molar-refractivity contribution in [3.63, 3.8) is 0 Å². The molecule has 0 spiro atoms. The van der Waals surface area contributed by atoms with E-state index >= 15 is 0 Å². The number of amides is 1. The van der Waals surface area contributed by atoms with Crippen LogP contribution < -0.4 is 10.6 Å². The van der Waals surface area contributed by atoms with Gasteiger partial charge in [0, 0.05) is 11.8 Å². The highest BCUT2D eigenvalue weighted by Gasteiger charge is 2.42. The summed E-state index contributed by atoms with van der Waals surface area (Å²) in [7, 11) is 0. The van der Waals surface area contributed by atoms with E-state index in [4.69, 9.17) is 4.74 Å². The predicted octanol–water partition coefficient (Wildman–Crippen LogP) is 1.12. The van der Waals surface area contributed by atoms with Crippen molar-refractivity contribution in [1.29, 1.82) is 0 Å². The Balaban J connectivity index is 1.83. The fourth-order valence-electron chi connectivity index (χ4n) is 3.57. The molecule has 0 aromatic rings. The quantitative estimate of drug-likeness (QED) is 0.671. The van der Waals surface area contributed by atoms with Crippen LogP contribution in [0.4, 0.5) is 0 Å². The Labute approximate surface area is 106 Å².